The molecule has 0 amide bonds. The van der Waals surface area contributed by atoms with E-state index < -0.39 is 0 Å². The molecule has 0 aliphatic heterocycles. The molecule has 1 heterocycles. The molecule has 0 fully saturated rings. The quantitative estimate of drug-likeness (QED) is 0.197. The van der Waals surface area contributed by atoms with Gasteiger partial charge < -0.3 is 0 Å². The second kappa shape index (κ2) is 12.1. The number of hydrogen-bond donors (Lipinski definition) is 0. The van der Waals surface area contributed by atoms with Crippen LogP contribution in [0.4, 0.5) is 0 Å². The van der Waals surface area contributed by atoms with Gasteiger partial charge in [-0.1, -0.05) is 146 Å². The van der Waals surface area contributed by atoms with Gasteiger partial charge in [-0.3, -0.25) is 0 Å². The minimum absolute atomic E-state index is 0.663. The van der Waals surface area contributed by atoms with E-state index in [9.17, 15) is 0 Å². The molecule has 0 aliphatic carbocycles. The number of hydrogen-bond acceptors (Lipinski definition) is 3. The minimum atomic E-state index is 0.663. The third-order valence-corrected chi connectivity index (χ3v) is 8.38. The highest BCUT2D eigenvalue weighted by Gasteiger charge is 2.22. The average Bonchev–Trinajstić information content (AvgIpc) is 3.09. The Balaban J connectivity index is 1.56. The van der Waals surface area contributed by atoms with E-state index in [2.05, 4.69) is 148 Å². The number of aryl methyl sites for hydroxylation is 3. The molecule has 45 heavy (non-hydrogen) atoms. The van der Waals surface area contributed by atoms with Gasteiger partial charge in [0.1, 0.15) is 0 Å². The summed E-state index contributed by atoms with van der Waals surface area (Å²) in [6.07, 6.45) is 0. The van der Waals surface area contributed by atoms with E-state index in [1.807, 2.05) is 18.2 Å². The van der Waals surface area contributed by atoms with Crippen molar-refractivity contribution >= 4 is 0 Å². The van der Waals surface area contributed by atoms with Gasteiger partial charge in [-0.2, -0.15) is 0 Å². The third kappa shape index (κ3) is 5.45. The van der Waals surface area contributed by atoms with E-state index in [1.54, 1.807) is 0 Å². The van der Waals surface area contributed by atoms with Gasteiger partial charge in [-0.05, 0) is 70.8 Å². The normalized spacial score (nSPS) is 11.0. The van der Waals surface area contributed by atoms with E-state index in [1.165, 1.54) is 0 Å². The SMILES string of the molecule is Cc1cccc(-c2ccccc2)c1-c1nc(-c2c(C)cccc2-c2ccccc2)nc(-c2c(C)cccc2-c2ccccc2)n1. The molecule has 0 saturated heterocycles. The Labute approximate surface area is 265 Å². The molecule has 0 N–H and O–H groups in total. The van der Waals surface area contributed by atoms with Crippen LogP contribution in [0.3, 0.4) is 0 Å². The standard InChI is InChI=1S/C42H33N3/c1-28-16-13-25-34(31-19-7-4-8-20-31)37(28)40-43-41(38-29(2)17-14-26-35(38)32-21-9-5-10-22-32)45-42(44-40)39-30(3)18-15-27-36(39)33-23-11-6-12-24-33/h4-27H,1-3H3. The molecule has 3 heteroatoms. The topological polar surface area (TPSA) is 38.7 Å². The van der Waals surface area contributed by atoms with Crippen LogP contribution in [0.15, 0.2) is 146 Å². The fourth-order valence-electron chi connectivity index (χ4n) is 6.18. The number of rotatable bonds is 6. The zero-order chi connectivity index (χ0) is 30.8. The Kier molecular flexibility index (Phi) is 7.59. The first-order valence-electron chi connectivity index (χ1n) is 15.3. The Morgan fingerprint density at radius 1 is 0.289 bits per heavy atom. The molecule has 7 aromatic rings. The first kappa shape index (κ1) is 28.1. The summed E-state index contributed by atoms with van der Waals surface area (Å²) in [7, 11) is 0. The van der Waals surface area contributed by atoms with Crippen LogP contribution in [0.2, 0.25) is 0 Å². The monoisotopic (exact) mass is 579 g/mol. The predicted octanol–water partition coefficient (Wildman–Crippen LogP) is 10.8. The van der Waals surface area contributed by atoms with Crippen molar-refractivity contribution in [2.24, 2.45) is 0 Å². The molecule has 0 atom stereocenters. The van der Waals surface area contributed by atoms with Gasteiger partial charge in [0, 0.05) is 16.7 Å². The summed E-state index contributed by atoms with van der Waals surface area (Å²) in [5.74, 6) is 1.99. The summed E-state index contributed by atoms with van der Waals surface area (Å²) < 4.78 is 0. The highest BCUT2D eigenvalue weighted by Crippen LogP contribution is 2.40. The summed E-state index contributed by atoms with van der Waals surface area (Å²) in [4.78, 5) is 15.9. The first-order valence-corrected chi connectivity index (χ1v) is 15.3. The van der Waals surface area contributed by atoms with Crippen LogP contribution in [0.5, 0.6) is 0 Å². The predicted molar refractivity (Wildman–Crippen MR) is 187 cm³/mol. The van der Waals surface area contributed by atoms with Gasteiger partial charge in [-0.15, -0.1) is 0 Å². The van der Waals surface area contributed by atoms with E-state index in [-0.39, 0.29) is 0 Å². The maximum absolute atomic E-state index is 5.30. The van der Waals surface area contributed by atoms with E-state index in [4.69, 9.17) is 15.0 Å². The van der Waals surface area contributed by atoms with Gasteiger partial charge in [0.2, 0.25) is 0 Å². The molecule has 0 aliphatic rings. The highest BCUT2D eigenvalue weighted by molar-refractivity contribution is 5.89. The summed E-state index contributed by atoms with van der Waals surface area (Å²) in [5, 5.41) is 0. The molecule has 0 bridgehead atoms. The van der Waals surface area contributed by atoms with Crippen LogP contribution >= 0.6 is 0 Å². The minimum Gasteiger partial charge on any atom is -0.208 e. The van der Waals surface area contributed by atoms with Crippen molar-refractivity contribution < 1.29 is 0 Å². The fourth-order valence-corrected chi connectivity index (χ4v) is 6.18. The van der Waals surface area contributed by atoms with Gasteiger partial charge in [-0.25, -0.2) is 15.0 Å². The van der Waals surface area contributed by atoms with Crippen molar-refractivity contribution in [3.63, 3.8) is 0 Å². The lowest BCUT2D eigenvalue weighted by Crippen LogP contribution is -2.05. The fraction of sp³-hybridized carbons (Fsp3) is 0.0714. The van der Waals surface area contributed by atoms with Crippen LogP contribution in [0.25, 0.3) is 67.5 Å². The zero-order valence-corrected chi connectivity index (χ0v) is 25.7. The molecule has 7 rings (SSSR count). The van der Waals surface area contributed by atoms with Crippen LogP contribution in [0.1, 0.15) is 16.7 Å². The van der Waals surface area contributed by atoms with Crippen molar-refractivity contribution in [1.82, 2.24) is 15.0 Å². The van der Waals surface area contributed by atoms with Crippen LogP contribution in [0, 0.1) is 20.8 Å². The van der Waals surface area contributed by atoms with Crippen molar-refractivity contribution in [3.05, 3.63) is 162 Å². The molecule has 0 spiro atoms. The maximum atomic E-state index is 5.30. The van der Waals surface area contributed by atoms with Crippen molar-refractivity contribution in [2.45, 2.75) is 20.8 Å². The summed E-state index contributed by atoms with van der Waals surface area (Å²) in [5.41, 5.74) is 13.0. The van der Waals surface area contributed by atoms with Gasteiger partial charge in [0.15, 0.2) is 17.5 Å². The lowest BCUT2D eigenvalue weighted by Gasteiger charge is -2.18. The van der Waals surface area contributed by atoms with Crippen molar-refractivity contribution in [1.29, 1.82) is 0 Å². The summed E-state index contributed by atoms with van der Waals surface area (Å²) in [6, 6.07) is 50.6. The lowest BCUT2D eigenvalue weighted by atomic mass is 9.93. The Morgan fingerprint density at radius 2 is 0.556 bits per heavy atom. The van der Waals surface area contributed by atoms with Crippen molar-refractivity contribution in [2.75, 3.05) is 0 Å². The Morgan fingerprint density at radius 3 is 0.822 bits per heavy atom. The van der Waals surface area contributed by atoms with Crippen molar-refractivity contribution in [3.8, 4) is 67.5 Å². The van der Waals surface area contributed by atoms with Gasteiger partial charge >= 0.3 is 0 Å². The smallest absolute Gasteiger partial charge is 0.164 e. The molecule has 0 saturated carbocycles. The van der Waals surface area contributed by atoms with Crippen LogP contribution in [-0.4, -0.2) is 15.0 Å². The van der Waals surface area contributed by atoms with Gasteiger partial charge in [0.05, 0.1) is 0 Å². The second-order valence-electron chi connectivity index (χ2n) is 11.4. The number of nitrogens with zero attached hydrogens (tertiary/aromatic N) is 3. The highest BCUT2D eigenvalue weighted by atomic mass is 15.0. The average molecular weight is 580 g/mol. The zero-order valence-electron chi connectivity index (χ0n) is 25.7. The second-order valence-corrected chi connectivity index (χ2v) is 11.4. The van der Waals surface area contributed by atoms with E-state index in [0.717, 1.165) is 66.8 Å². The molecule has 0 unspecified atom stereocenters. The van der Waals surface area contributed by atoms with Crippen LogP contribution in [-0.2, 0) is 0 Å². The number of aromatic nitrogens is 3. The number of benzene rings is 6. The Bertz CT molecular complexity index is 1860. The molecular weight excluding hydrogens is 546 g/mol. The third-order valence-electron chi connectivity index (χ3n) is 8.38. The van der Waals surface area contributed by atoms with Crippen LogP contribution < -0.4 is 0 Å². The maximum Gasteiger partial charge on any atom is 0.164 e. The van der Waals surface area contributed by atoms with E-state index >= 15 is 0 Å². The Hall–Kier alpha value is -5.67. The van der Waals surface area contributed by atoms with E-state index in [0.29, 0.717) is 17.5 Å². The molecule has 216 valence electrons. The molecule has 6 aromatic carbocycles. The lowest BCUT2D eigenvalue weighted by molar-refractivity contribution is 1.07. The van der Waals surface area contributed by atoms with Gasteiger partial charge in [0.25, 0.3) is 0 Å². The molecule has 0 radical (unpaired) electrons. The molecule has 3 nitrogen and oxygen atoms in total. The molecular formula is C42H33N3. The first-order chi connectivity index (χ1) is 22.1. The summed E-state index contributed by atoms with van der Waals surface area (Å²) in [6.45, 7) is 6.41. The summed E-state index contributed by atoms with van der Waals surface area (Å²) >= 11 is 0. The largest absolute Gasteiger partial charge is 0.208 e. The molecule has 1 aromatic heterocycles.